The molecule has 1 aliphatic carbocycles. The molecule has 2 aromatic carbocycles. The summed E-state index contributed by atoms with van der Waals surface area (Å²) >= 11 is 12.5. The number of imide groups is 1. The van der Waals surface area contributed by atoms with Crippen molar-refractivity contribution in [2.24, 2.45) is 11.8 Å². The second-order valence-electron chi connectivity index (χ2n) is 8.41. The lowest BCUT2D eigenvalue weighted by Crippen LogP contribution is -2.34. The Labute approximate surface area is 207 Å². The number of hydrogen-bond acceptors (Lipinski definition) is 5. The Kier molecular flexibility index (Phi) is 7.24. The maximum Gasteiger partial charge on any atom is 0.338 e. The first kappa shape index (κ1) is 24.2. The number of carbonyl (C=O) groups excluding carboxylic acids is 4. The number of esters is 1. The normalized spacial score (nSPS) is 24.0. The number of halogens is 2. The van der Waals surface area contributed by atoms with Crippen molar-refractivity contribution in [2.45, 2.75) is 36.9 Å². The molecule has 3 amide bonds. The minimum Gasteiger partial charge on any atom is -0.452 e. The van der Waals surface area contributed by atoms with Gasteiger partial charge in [-0.2, -0.15) is 0 Å². The number of nitrogens with zero attached hydrogens (tertiary/aromatic N) is 1. The fourth-order valence-corrected chi connectivity index (χ4v) is 5.06. The fraction of sp³-hybridized carbons (Fsp3) is 0.360. The smallest absolute Gasteiger partial charge is 0.338 e. The zero-order valence-electron chi connectivity index (χ0n) is 18.5. The highest BCUT2D eigenvalue weighted by Gasteiger charge is 2.52. The van der Waals surface area contributed by atoms with Crippen LogP contribution in [0.5, 0.6) is 0 Å². The molecule has 0 unspecified atom stereocenters. The molecule has 1 heterocycles. The Hall–Kier alpha value is -2.90. The maximum atomic E-state index is 13.0. The predicted molar refractivity (Wildman–Crippen MR) is 129 cm³/mol. The van der Waals surface area contributed by atoms with Crippen LogP contribution < -0.4 is 10.2 Å². The first-order valence-corrected chi connectivity index (χ1v) is 12.0. The van der Waals surface area contributed by atoms with Crippen LogP contribution in [0.3, 0.4) is 0 Å². The van der Waals surface area contributed by atoms with Crippen LogP contribution in [0, 0.1) is 11.8 Å². The molecular formula is C25H24Cl2N2O5. The molecule has 4 atom stereocenters. The third kappa shape index (κ3) is 4.81. The summed E-state index contributed by atoms with van der Waals surface area (Å²) in [7, 11) is 0. The van der Waals surface area contributed by atoms with E-state index in [0.29, 0.717) is 18.5 Å². The van der Waals surface area contributed by atoms with Gasteiger partial charge in [-0.15, -0.1) is 23.2 Å². The van der Waals surface area contributed by atoms with Crippen LogP contribution in [-0.4, -0.2) is 41.1 Å². The molecule has 1 saturated heterocycles. The van der Waals surface area contributed by atoms with E-state index in [1.54, 1.807) is 18.2 Å². The van der Waals surface area contributed by atoms with E-state index in [1.165, 1.54) is 12.1 Å². The van der Waals surface area contributed by atoms with Crippen molar-refractivity contribution in [1.29, 1.82) is 0 Å². The van der Waals surface area contributed by atoms with Crippen LogP contribution in [0.25, 0.3) is 0 Å². The predicted octanol–water partition coefficient (Wildman–Crippen LogP) is 4.16. The summed E-state index contributed by atoms with van der Waals surface area (Å²) < 4.78 is 5.16. The summed E-state index contributed by atoms with van der Waals surface area (Å²) in [6.07, 6.45) is 1.41. The first-order valence-electron chi connectivity index (χ1n) is 11.1. The third-order valence-corrected chi connectivity index (χ3v) is 7.35. The number of nitrogens with one attached hydrogen (secondary N) is 1. The molecule has 34 heavy (non-hydrogen) atoms. The molecule has 178 valence electrons. The second kappa shape index (κ2) is 10.2. The quantitative estimate of drug-likeness (QED) is 0.363. The van der Waals surface area contributed by atoms with Gasteiger partial charge in [0.25, 0.3) is 5.91 Å². The molecule has 2 fully saturated rings. The molecule has 1 N–H and O–H groups in total. The van der Waals surface area contributed by atoms with Gasteiger partial charge in [0.2, 0.25) is 11.8 Å². The van der Waals surface area contributed by atoms with Crippen molar-refractivity contribution >= 4 is 58.3 Å². The van der Waals surface area contributed by atoms with Gasteiger partial charge in [-0.05, 0) is 49.1 Å². The number of carbonyl (C=O) groups is 4. The van der Waals surface area contributed by atoms with E-state index in [9.17, 15) is 19.2 Å². The Morgan fingerprint density at radius 3 is 2.29 bits per heavy atom. The Morgan fingerprint density at radius 1 is 1.00 bits per heavy atom. The van der Waals surface area contributed by atoms with E-state index < -0.39 is 30.3 Å². The van der Waals surface area contributed by atoms with Gasteiger partial charge >= 0.3 is 5.97 Å². The number of benzene rings is 2. The number of anilines is 2. The van der Waals surface area contributed by atoms with E-state index in [-0.39, 0.29) is 33.8 Å². The maximum absolute atomic E-state index is 13.0. The monoisotopic (exact) mass is 502 g/mol. The average Bonchev–Trinajstić information content (AvgIpc) is 3.07. The highest BCUT2D eigenvalue weighted by atomic mass is 35.5. The minimum atomic E-state index is -0.737. The second-order valence-corrected chi connectivity index (χ2v) is 9.53. The number of ether oxygens (including phenoxy) is 1. The lowest BCUT2D eigenvalue weighted by Gasteiger charge is -2.28. The Balaban J connectivity index is 1.42. The van der Waals surface area contributed by atoms with Crippen molar-refractivity contribution in [3.63, 3.8) is 0 Å². The Morgan fingerprint density at radius 2 is 1.65 bits per heavy atom. The molecule has 4 rings (SSSR count). The number of amides is 3. The molecule has 9 heteroatoms. The standard InChI is InChI=1S/C25H24Cl2N2O5/c1-2-14-6-3-4-9-21(14)28-22(30)13-34-25(33)15-7-5-8-16(10-15)29-23(31)17-11-19(26)20(27)12-18(17)24(29)32/h3-10,17-20H,2,11-13H2,1H3,(H,28,30)/t17-,18+,19-,20-/m0/s1. The topological polar surface area (TPSA) is 92.8 Å². The number of fused-ring (bicyclic) bond motifs is 1. The summed E-state index contributed by atoms with van der Waals surface area (Å²) in [5.74, 6) is -2.93. The van der Waals surface area contributed by atoms with E-state index >= 15 is 0 Å². The highest BCUT2D eigenvalue weighted by molar-refractivity contribution is 6.31. The molecule has 2 aliphatic rings. The summed E-state index contributed by atoms with van der Waals surface area (Å²) in [5, 5.41) is 1.98. The molecule has 1 aliphatic heterocycles. The lowest BCUT2D eigenvalue weighted by molar-refractivity contribution is -0.122. The van der Waals surface area contributed by atoms with Gasteiger partial charge in [-0.3, -0.25) is 19.3 Å². The van der Waals surface area contributed by atoms with Gasteiger partial charge in [-0.25, -0.2) is 4.79 Å². The first-order chi connectivity index (χ1) is 16.3. The van der Waals surface area contributed by atoms with Crippen LogP contribution in [0.1, 0.15) is 35.7 Å². The number of hydrogen-bond donors (Lipinski definition) is 1. The van der Waals surface area contributed by atoms with Gasteiger partial charge in [0, 0.05) is 5.69 Å². The minimum absolute atomic E-state index is 0.125. The summed E-state index contributed by atoms with van der Waals surface area (Å²) in [5.41, 5.74) is 2.04. The van der Waals surface area contributed by atoms with Crippen molar-refractivity contribution in [2.75, 3.05) is 16.8 Å². The van der Waals surface area contributed by atoms with Gasteiger partial charge in [-0.1, -0.05) is 31.2 Å². The van der Waals surface area contributed by atoms with E-state index in [1.807, 2.05) is 25.1 Å². The zero-order chi connectivity index (χ0) is 24.4. The molecule has 0 bridgehead atoms. The molecule has 2 aromatic rings. The Bertz CT molecular complexity index is 1110. The van der Waals surface area contributed by atoms with Crippen LogP contribution in [0.2, 0.25) is 0 Å². The van der Waals surface area contributed by atoms with Gasteiger partial charge in [0.15, 0.2) is 6.61 Å². The molecule has 0 radical (unpaired) electrons. The van der Waals surface area contributed by atoms with Gasteiger partial charge in [0.05, 0.1) is 33.8 Å². The fourth-order valence-electron chi connectivity index (χ4n) is 4.47. The largest absolute Gasteiger partial charge is 0.452 e. The summed E-state index contributed by atoms with van der Waals surface area (Å²) in [4.78, 5) is 51.8. The molecule has 0 spiro atoms. The number of rotatable bonds is 6. The molecule has 1 saturated carbocycles. The van der Waals surface area contributed by atoms with Crippen molar-refractivity contribution in [1.82, 2.24) is 0 Å². The number of alkyl halides is 2. The number of para-hydroxylation sites is 1. The lowest BCUT2D eigenvalue weighted by atomic mass is 9.80. The molecule has 7 nitrogen and oxygen atoms in total. The van der Waals surface area contributed by atoms with Crippen molar-refractivity contribution in [3.8, 4) is 0 Å². The van der Waals surface area contributed by atoms with Gasteiger partial charge < -0.3 is 10.1 Å². The van der Waals surface area contributed by atoms with Crippen LogP contribution in [-0.2, 0) is 25.5 Å². The SMILES string of the molecule is CCc1ccccc1NC(=O)COC(=O)c1cccc(N2C(=O)[C@H]3C[C@H](Cl)[C@@H](Cl)C[C@H]3C2=O)c1. The zero-order valence-corrected chi connectivity index (χ0v) is 20.0. The van der Waals surface area contributed by atoms with E-state index in [0.717, 1.165) is 16.9 Å². The third-order valence-electron chi connectivity index (χ3n) is 6.26. The van der Waals surface area contributed by atoms with E-state index in [2.05, 4.69) is 5.32 Å². The van der Waals surface area contributed by atoms with Gasteiger partial charge in [0.1, 0.15) is 0 Å². The highest BCUT2D eigenvalue weighted by Crippen LogP contribution is 2.43. The van der Waals surface area contributed by atoms with Crippen molar-refractivity contribution < 1.29 is 23.9 Å². The number of aryl methyl sites for hydroxylation is 1. The average molecular weight is 503 g/mol. The molecular weight excluding hydrogens is 479 g/mol. The molecule has 0 aromatic heterocycles. The summed E-state index contributed by atoms with van der Waals surface area (Å²) in [6.45, 7) is 1.51. The van der Waals surface area contributed by atoms with E-state index in [4.69, 9.17) is 27.9 Å². The van der Waals surface area contributed by atoms with Crippen LogP contribution >= 0.6 is 23.2 Å². The van der Waals surface area contributed by atoms with Crippen LogP contribution in [0.15, 0.2) is 48.5 Å². The summed E-state index contributed by atoms with van der Waals surface area (Å²) in [6, 6.07) is 13.4. The van der Waals surface area contributed by atoms with Crippen molar-refractivity contribution in [3.05, 3.63) is 59.7 Å². The van der Waals surface area contributed by atoms with Crippen LogP contribution in [0.4, 0.5) is 11.4 Å².